The van der Waals surface area contributed by atoms with Crippen LogP contribution in [0.25, 0.3) is 0 Å². The number of aliphatic hydroxyl groups is 1. The zero-order valence-corrected chi connectivity index (χ0v) is 12.8. The van der Waals surface area contributed by atoms with Gasteiger partial charge in [0.25, 0.3) is 5.91 Å². The third-order valence-electron chi connectivity index (χ3n) is 4.25. The number of hydrogen-bond acceptors (Lipinski definition) is 4. The maximum atomic E-state index is 12.2. The van der Waals surface area contributed by atoms with E-state index in [9.17, 15) is 14.7 Å². The Morgan fingerprint density at radius 1 is 1.18 bits per heavy atom. The molecule has 120 valence electrons. The first-order valence-corrected chi connectivity index (χ1v) is 7.75. The average molecular weight is 305 g/mol. The van der Waals surface area contributed by atoms with Gasteiger partial charge in [-0.2, -0.15) is 0 Å². The van der Waals surface area contributed by atoms with Crippen molar-refractivity contribution < 1.29 is 19.4 Å². The summed E-state index contributed by atoms with van der Waals surface area (Å²) in [5.41, 5.74) is 0.451. The Balaban J connectivity index is 2.08. The Labute approximate surface area is 130 Å². The van der Waals surface area contributed by atoms with Crippen molar-refractivity contribution in [3.05, 3.63) is 35.9 Å². The molecule has 0 bridgehead atoms. The summed E-state index contributed by atoms with van der Waals surface area (Å²) in [7, 11) is 1.26. The van der Waals surface area contributed by atoms with Crippen LogP contribution >= 0.6 is 0 Å². The molecule has 0 aliphatic heterocycles. The normalized spacial score (nSPS) is 18.3. The minimum Gasteiger partial charge on any atom is -0.467 e. The fourth-order valence-corrected chi connectivity index (χ4v) is 2.97. The summed E-state index contributed by atoms with van der Waals surface area (Å²) in [6.07, 6.45) is 4.07. The highest BCUT2D eigenvalue weighted by atomic mass is 16.5. The monoisotopic (exact) mass is 305 g/mol. The smallest absolute Gasteiger partial charge is 0.331 e. The second-order valence-corrected chi connectivity index (χ2v) is 5.73. The van der Waals surface area contributed by atoms with Crippen molar-refractivity contribution in [2.24, 2.45) is 5.92 Å². The molecule has 0 spiro atoms. The van der Waals surface area contributed by atoms with Crippen molar-refractivity contribution in [1.82, 2.24) is 5.32 Å². The molecule has 1 fully saturated rings. The number of amides is 1. The van der Waals surface area contributed by atoms with Crippen LogP contribution in [-0.4, -0.2) is 36.2 Å². The third-order valence-corrected chi connectivity index (χ3v) is 4.25. The molecule has 1 amide bonds. The van der Waals surface area contributed by atoms with Crippen molar-refractivity contribution in [2.45, 2.75) is 44.2 Å². The van der Waals surface area contributed by atoms with Gasteiger partial charge in [0.2, 0.25) is 0 Å². The average Bonchev–Trinajstić information content (AvgIpc) is 2.59. The quantitative estimate of drug-likeness (QED) is 0.815. The third kappa shape index (κ3) is 4.07. The van der Waals surface area contributed by atoms with Crippen LogP contribution in [0, 0.1) is 5.92 Å². The van der Waals surface area contributed by atoms with Crippen LogP contribution in [-0.2, 0) is 9.53 Å². The Morgan fingerprint density at radius 3 is 2.41 bits per heavy atom. The number of nitrogens with one attached hydrogen (secondary N) is 1. The summed E-state index contributed by atoms with van der Waals surface area (Å²) in [5.74, 6) is -0.970. The first-order valence-electron chi connectivity index (χ1n) is 7.75. The Bertz CT molecular complexity index is 497. The van der Waals surface area contributed by atoms with Gasteiger partial charge in [0, 0.05) is 5.56 Å². The Hall–Kier alpha value is -1.88. The highest BCUT2D eigenvalue weighted by molar-refractivity contribution is 5.96. The number of ether oxygens (including phenoxy) is 1. The predicted octanol–water partition coefficient (Wildman–Crippen LogP) is 1.90. The molecule has 0 radical (unpaired) electrons. The largest absolute Gasteiger partial charge is 0.467 e. The molecule has 0 heterocycles. The number of benzene rings is 1. The topological polar surface area (TPSA) is 75.6 Å². The van der Waals surface area contributed by atoms with Crippen molar-refractivity contribution in [2.75, 3.05) is 7.11 Å². The number of carbonyl (C=O) groups excluding carboxylic acids is 2. The lowest BCUT2D eigenvalue weighted by molar-refractivity contribution is -0.147. The van der Waals surface area contributed by atoms with Gasteiger partial charge < -0.3 is 15.2 Å². The zero-order chi connectivity index (χ0) is 15.9. The number of esters is 1. The second kappa shape index (κ2) is 7.94. The predicted molar refractivity (Wildman–Crippen MR) is 82.3 cm³/mol. The number of carbonyl (C=O) groups is 2. The standard InChI is InChI=1S/C17H23NO4/c1-22-17(21)14(15(19)12-8-4-2-5-9-12)18-16(20)13-10-6-3-7-11-13/h3,6-7,10-12,14-15,19H,2,4-5,8-9H2,1H3,(H,18,20)/t14-,15+/m1/s1. The molecule has 22 heavy (non-hydrogen) atoms. The van der Waals surface area contributed by atoms with Gasteiger partial charge in [0.05, 0.1) is 13.2 Å². The molecule has 2 rings (SSSR count). The fourth-order valence-electron chi connectivity index (χ4n) is 2.97. The van der Waals surface area contributed by atoms with E-state index >= 15 is 0 Å². The molecule has 0 saturated heterocycles. The van der Waals surface area contributed by atoms with Gasteiger partial charge in [0.1, 0.15) is 0 Å². The van der Waals surface area contributed by atoms with E-state index in [1.54, 1.807) is 24.3 Å². The van der Waals surface area contributed by atoms with E-state index in [4.69, 9.17) is 4.74 Å². The van der Waals surface area contributed by atoms with Gasteiger partial charge in [-0.25, -0.2) is 4.79 Å². The molecule has 5 nitrogen and oxygen atoms in total. The summed E-state index contributed by atoms with van der Waals surface area (Å²) in [4.78, 5) is 24.2. The molecule has 1 aliphatic rings. The minimum atomic E-state index is -1.03. The highest BCUT2D eigenvalue weighted by Crippen LogP contribution is 2.28. The molecule has 1 saturated carbocycles. The summed E-state index contributed by atoms with van der Waals surface area (Å²) >= 11 is 0. The highest BCUT2D eigenvalue weighted by Gasteiger charge is 2.35. The summed E-state index contributed by atoms with van der Waals surface area (Å²) in [6, 6.07) is 7.61. The van der Waals surface area contributed by atoms with E-state index < -0.39 is 18.1 Å². The molecule has 5 heteroatoms. The van der Waals surface area contributed by atoms with Crippen LogP contribution < -0.4 is 5.32 Å². The lowest BCUT2D eigenvalue weighted by atomic mass is 9.82. The first kappa shape index (κ1) is 16.5. The molecular formula is C17H23NO4. The molecule has 1 aliphatic carbocycles. The maximum Gasteiger partial charge on any atom is 0.331 e. The van der Waals surface area contributed by atoms with Crippen LogP contribution in [0.3, 0.4) is 0 Å². The van der Waals surface area contributed by atoms with E-state index in [0.29, 0.717) is 5.56 Å². The van der Waals surface area contributed by atoms with Crippen molar-refractivity contribution in [1.29, 1.82) is 0 Å². The van der Waals surface area contributed by atoms with Gasteiger partial charge >= 0.3 is 5.97 Å². The molecule has 2 N–H and O–H groups in total. The van der Waals surface area contributed by atoms with Crippen LogP contribution in [0.5, 0.6) is 0 Å². The summed E-state index contributed by atoms with van der Waals surface area (Å²) < 4.78 is 4.75. The van der Waals surface area contributed by atoms with E-state index in [1.165, 1.54) is 7.11 Å². The van der Waals surface area contributed by atoms with Crippen molar-refractivity contribution in [3.8, 4) is 0 Å². The van der Waals surface area contributed by atoms with Gasteiger partial charge in [-0.1, -0.05) is 37.5 Å². The molecular weight excluding hydrogens is 282 g/mol. The summed E-state index contributed by atoms with van der Waals surface area (Å²) in [6.45, 7) is 0. The van der Waals surface area contributed by atoms with Gasteiger partial charge in [0.15, 0.2) is 6.04 Å². The Kier molecular flexibility index (Phi) is 5.95. The number of methoxy groups -OCH3 is 1. The minimum absolute atomic E-state index is 0.0222. The van der Waals surface area contributed by atoms with Gasteiger partial charge in [-0.05, 0) is 30.9 Å². The van der Waals surface area contributed by atoms with E-state index in [-0.39, 0.29) is 11.8 Å². The number of aliphatic hydroxyl groups excluding tert-OH is 1. The van der Waals surface area contributed by atoms with E-state index in [2.05, 4.69) is 5.32 Å². The molecule has 0 aromatic heterocycles. The van der Waals surface area contributed by atoms with Crippen LogP contribution in [0.4, 0.5) is 0 Å². The van der Waals surface area contributed by atoms with Gasteiger partial charge in [-0.3, -0.25) is 4.79 Å². The van der Waals surface area contributed by atoms with Gasteiger partial charge in [-0.15, -0.1) is 0 Å². The zero-order valence-electron chi connectivity index (χ0n) is 12.8. The maximum absolute atomic E-state index is 12.2. The van der Waals surface area contributed by atoms with Crippen molar-refractivity contribution in [3.63, 3.8) is 0 Å². The molecule has 0 unspecified atom stereocenters. The first-order chi connectivity index (χ1) is 10.6. The van der Waals surface area contributed by atoms with E-state index in [0.717, 1.165) is 32.1 Å². The lowest BCUT2D eigenvalue weighted by Crippen LogP contribution is -2.52. The van der Waals surface area contributed by atoms with Crippen molar-refractivity contribution >= 4 is 11.9 Å². The van der Waals surface area contributed by atoms with Crippen LogP contribution in [0.1, 0.15) is 42.5 Å². The fraction of sp³-hybridized carbons (Fsp3) is 0.529. The number of rotatable bonds is 5. The SMILES string of the molecule is COC(=O)[C@H](NC(=O)c1ccccc1)[C@@H](O)C1CCCCC1. The number of hydrogen-bond donors (Lipinski definition) is 2. The molecule has 2 atom stereocenters. The lowest BCUT2D eigenvalue weighted by Gasteiger charge is -2.31. The second-order valence-electron chi connectivity index (χ2n) is 5.73. The Morgan fingerprint density at radius 2 is 1.82 bits per heavy atom. The van der Waals surface area contributed by atoms with E-state index in [1.807, 2.05) is 6.07 Å². The molecule has 1 aromatic carbocycles. The van der Waals surface area contributed by atoms with Crippen LogP contribution in [0.15, 0.2) is 30.3 Å². The van der Waals surface area contributed by atoms with Crippen LogP contribution in [0.2, 0.25) is 0 Å². The summed E-state index contributed by atoms with van der Waals surface area (Å²) in [5, 5.41) is 13.1. The molecule has 1 aromatic rings.